The molecule has 10 aromatic rings. The minimum Gasteiger partial charge on any atom is -0.456 e. The average molecular weight is 567 g/mol. The summed E-state index contributed by atoms with van der Waals surface area (Å²) in [5, 5.41) is 8.61. The third-order valence-electron chi connectivity index (χ3n) is 8.67. The highest BCUT2D eigenvalue weighted by Crippen LogP contribution is 2.40. The van der Waals surface area contributed by atoms with Crippen molar-refractivity contribution in [3.8, 4) is 17.2 Å². The molecule has 0 fully saturated rings. The SMILES string of the molecule is [2H]c1c([2H])c([2H])c(-c2nc(-n3c4ccccc4c4cc5ccc6oc7ccccc7c6c5cc43)nc3c2ccc2ccccc23)c([2H])c1[2H]. The maximum absolute atomic E-state index is 8.89. The highest BCUT2D eigenvalue weighted by Gasteiger charge is 2.20. The monoisotopic (exact) mass is 566 g/mol. The minimum absolute atomic E-state index is 0.0349. The van der Waals surface area contributed by atoms with E-state index in [2.05, 4.69) is 30.3 Å². The Labute approximate surface area is 258 Å². The summed E-state index contributed by atoms with van der Waals surface area (Å²) in [7, 11) is 0. The largest absolute Gasteiger partial charge is 0.456 e. The predicted molar refractivity (Wildman–Crippen MR) is 182 cm³/mol. The van der Waals surface area contributed by atoms with Crippen LogP contribution in [-0.4, -0.2) is 14.5 Å². The van der Waals surface area contributed by atoms with Crippen LogP contribution in [0.2, 0.25) is 0 Å². The first-order chi connectivity index (χ1) is 23.9. The van der Waals surface area contributed by atoms with Crippen molar-refractivity contribution in [2.45, 2.75) is 0 Å². The van der Waals surface area contributed by atoms with Gasteiger partial charge in [-0.15, -0.1) is 0 Å². The van der Waals surface area contributed by atoms with Crippen molar-refractivity contribution in [1.82, 2.24) is 14.5 Å². The Hall–Kier alpha value is -6.00. The van der Waals surface area contributed by atoms with Crippen LogP contribution in [0.4, 0.5) is 0 Å². The second kappa shape index (κ2) is 8.76. The molecule has 0 aliphatic carbocycles. The summed E-state index contributed by atoms with van der Waals surface area (Å²) in [5.74, 6) is 0.334. The molecule has 0 atom stereocenters. The zero-order valence-electron chi connectivity index (χ0n) is 28.1. The van der Waals surface area contributed by atoms with Gasteiger partial charge in [-0.1, -0.05) is 103 Å². The molecule has 44 heavy (non-hydrogen) atoms. The van der Waals surface area contributed by atoms with Crippen molar-refractivity contribution in [1.29, 1.82) is 0 Å². The number of benzene rings is 7. The Morgan fingerprint density at radius 3 is 2.23 bits per heavy atom. The van der Waals surface area contributed by atoms with Gasteiger partial charge in [0.2, 0.25) is 5.95 Å². The molecule has 10 rings (SSSR count). The molecule has 0 unspecified atom stereocenters. The number of furan rings is 1. The first-order valence-corrected chi connectivity index (χ1v) is 14.4. The average Bonchev–Trinajstić information content (AvgIpc) is 3.68. The van der Waals surface area contributed by atoms with Gasteiger partial charge in [0.05, 0.1) is 29.1 Å². The summed E-state index contributed by atoms with van der Waals surface area (Å²) in [6, 6.07) is 34.4. The van der Waals surface area contributed by atoms with Crippen LogP contribution in [-0.2, 0) is 0 Å². The van der Waals surface area contributed by atoms with Crippen molar-refractivity contribution in [2.75, 3.05) is 0 Å². The number of fused-ring (bicyclic) bond motifs is 11. The molecular formula is C40H23N3O. The topological polar surface area (TPSA) is 43.9 Å². The highest BCUT2D eigenvalue weighted by molar-refractivity contribution is 6.23. The van der Waals surface area contributed by atoms with Gasteiger partial charge in [0, 0.05) is 37.9 Å². The minimum atomic E-state index is -0.449. The molecule has 0 saturated carbocycles. The first kappa shape index (κ1) is 19.2. The third-order valence-corrected chi connectivity index (χ3v) is 8.67. The van der Waals surface area contributed by atoms with E-state index in [4.69, 9.17) is 21.2 Å². The van der Waals surface area contributed by atoms with Gasteiger partial charge in [-0.05, 0) is 52.6 Å². The molecule has 7 aromatic carbocycles. The molecule has 0 radical (unpaired) electrons. The second-order valence-electron chi connectivity index (χ2n) is 11.0. The van der Waals surface area contributed by atoms with Crippen LogP contribution in [0.15, 0.2) is 144 Å². The number of para-hydroxylation sites is 2. The number of nitrogens with zero attached hydrogens (tertiary/aromatic N) is 3. The van der Waals surface area contributed by atoms with Crippen molar-refractivity contribution in [3.05, 3.63) is 139 Å². The lowest BCUT2D eigenvalue weighted by Gasteiger charge is -2.13. The Balaban J connectivity index is 1.39. The molecule has 3 aromatic heterocycles. The van der Waals surface area contributed by atoms with Gasteiger partial charge in [0.1, 0.15) is 11.2 Å². The summed E-state index contributed by atoms with van der Waals surface area (Å²) in [4.78, 5) is 10.3. The van der Waals surface area contributed by atoms with E-state index in [1.807, 2.05) is 83.4 Å². The van der Waals surface area contributed by atoms with E-state index in [0.717, 1.165) is 65.3 Å². The molecule has 0 N–H and O–H groups in total. The number of aromatic nitrogens is 3. The molecule has 0 aliphatic heterocycles. The van der Waals surface area contributed by atoms with E-state index in [9.17, 15) is 0 Å². The molecule has 0 saturated heterocycles. The Morgan fingerprint density at radius 2 is 1.32 bits per heavy atom. The first-order valence-electron chi connectivity index (χ1n) is 16.9. The highest BCUT2D eigenvalue weighted by atomic mass is 16.3. The van der Waals surface area contributed by atoms with Gasteiger partial charge in [-0.25, -0.2) is 9.97 Å². The van der Waals surface area contributed by atoms with Crippen LogP contribution in [0, 0.1) is 0 Å². The van der Waals surface area contributed by atoms with Gasteiger partial charge in [-0.2, -0.15) is 0 Å². The number of hydrogen-bond donors (Lipinski definition) is 0. The van der Waals surface area contributed by atoms with Crippen LogP contribution in [0.5, 0.6) is 0 Å². The molecule has 0 aliphatic rings. The Bertz CT molecular complexity index is 3040. The lowest BCUT2D eigenvalue weighted by Crippen LogP contribution is -2.03. The van der Waals surface area contributed by atoms with E-state index >= 15 is 0 Å². The van der Waals surface area contributed by atoms with Gasteiger partial charge in [-0.3, -0.25) is 4.57 Å². The van der Waals surface area contributed by atoms with Crippen molar-refractivity contribution >= 4 is 76.2 Å². The maximum atomic E-state index is 8.89. The zero-order chi connectivity index (χ0) is 33.1. The summed E-state index contributed by atoms with van der Waals surface area (Å²) in [6.45, 7) is 0. The van der Waals surface area contributed by atoms with Crippen molar-refractivity contribution in [2.24, 2.45) is 0 Å². The zero-order valence-corrected chi connectivity index (χ0v) is 23.1. The molecule has 4 nitrogen and oxygen atoms in total. The van der Waals surface area contributed by atoms with Crippen LogP contribution in [0.25, 0.3) is 93.4 Å². The van der Waals surface area contributed by atoms with E-state index in [0.29, 0.717) is 16.9 Å². The predicted octanol–water partition coefficient (Wildman–Crippen LogP) is 10.6. The fourth-order valence-corrected chi connectivity index (χ4v) is 6.74. The number of rotatable bonds is 2. The van der Waals surface area contributed by atoms with E-state index < -0.39 is 18.1 Å². The van der Waals surface area contributed by atoms with E-state index in [1.165, 1.54) is 0 Å². The summed E-state index contributed by atoms with van der Waals surface area (Å²) >= 11 is 0. The second-order valence-corrected chi connectivity index (χ2v) is 11.0. The molecule has 4 heteroatoms. The van der Waals surface area contributed by atoms with Crippen molar-refractivity contribution in [3.63, 3.8) is 0 Å². The molecule has 0 bridgehead atoms. The summed E-state index contributed by atoms with van der Waals surface area (Å²) in [5.41, 5.74) is 4.31. The fraction of sp³-hybridized carbons (Fsp3) is 0. The molecule has 0 amide bonds. The van der Waals surface area contributed by atoms with E-state index in [1.54, 1.807) is 0 Å². The Morgan fingerprint density at radius 1 is 0.545 bits per heavy atom. The van der Waals surface area contributed by atoms with Gasteiger partial charge in [0.25, 0.3) is 0 Å². The van der Waals surface area contributed by atoms with Crippen LogP contribution in [0.3, 0.4) is 0 Å². The summed E-state index contributed by atoms with van der Waals surface area (Å²) < 4.78 is 51.2. The molecule has 3 heterocycles. The lowest BCUT2D eigenvalue weighted by atomic mass is 10.0. The Kier molecular flexibility index (Phi) is 3.83. The van der Waals surface area contributed by atoms with Crippen LogP contribution >= 0.6 is 0 Å². The lowest BCUT2D eigenvalue weighted by molar-refractivity contribution is 0.669. The van der Waals surface area contributed by atoms with Gasteiger partial charge < -0.3 is 4.42 Å². The van der Waals surface area contributed by atoms with Gasteiger partial charge in [0.15, 0.2) is 0 Å². The smallest absolute Gasteiger partial charge is 0.235 e. The standard InChI is InChI=1S/C40H23N3O/c1-2-11-25(12-3-1)38-30-20-18-24-10-4-5-13-27(24)39(30)42-40(41-38)43-33-16-8-6-14-28(33)32-22-26-19-21-36-37(31(26)23-34(32)43)29-15-7-9-17-35(29)44-36/h1-23H/i1D,2D,3D,11D,12D. The maximum Gasteiger partial charge on any atom is 0.235 e. The number of hydrogen-bond acceptors (Lipinski definition) is 3. The van der Waals surface area contributed by atoms with Crippen LogP contribution < -0.4 is 0 Å². The fourth-order valence-electron chi connectivity index (χ4n) is 6.74. The molecule has 204 valence electrons. The van der Waals surface area contributed by atoms with Crippen LogP contribution in [0.1, 0.15) is 6.85 Å². The van der Waals surface area contributed by atoms with Gasteiger partial charge >= 0.3 is 0 Å². The third kappa shape index (κ3) is 3.22. The molecule has 0 spiro atoms. The summed E-state index contributed by atoms with van der Waals surface area (Å²) in [6.07, 6.45) is 0. The van der Waals surface area contributed by atoms with E-state index in [-0.39, 0.29) is 23.3 Å². The quantitative estimate of drug-likeness (QED) is 0.196. The molecular weight excluding hydrogens is 538 g/mol. The normalized spacial score (nSPS) is 13.7. The van der Waals surface area contributed by atoms with Crippen molar-refractivity contribution < 1.29 is 11.3 Å².